The van der Waals surface area contributed by atoms with Gasteiger partial charge in [0.25, 0.3) is 0 Å². The second-order valence-electron chi connectivity index (χ2n) is 6.97. The van der Waals surface area contributed by atoms with Crippen LogP contribution in [0.25, 0.3) is 0 Å². The van der Waals surface area contributed by atoms with Gasteiger partial charge in [0, 0.05) is 24.9 Å². The molecule has 6 nitrogen and oxygen atoms in total. The van der Waals surface area contributed by atoms with Gasteiger partial charge in [0.1, 0.15) is 5.01 Å². The molecule has 0 radical (unpaired) electrons. The van der Waals surface area contributed by atoms with Crippen LogP contribution in [0.2, 0.25) is 0 Å². The predicted octanol–water partition coefficient (Wildman–Crippen LogP) is 4.22. The van der Waals surface area contributed by atoms with Crippen LogP contribution in [0.5, 0.6) is 0 Å². The van der Waals surface area contributed by atoms with Crippen LogP contribution in [-0.2, 0) is 16.0 Å². The lowest BCUT2D eigenvalue weighted by atomic mass is 10.0. The van der Waals surface area contributed by atoms with Crippen LogP contribution in [0.1, 0.15) is 57.0 Å². The molecule has 0 saturated heterocycles. The molecule has 1 aromatic carbocycles. The van der Waals surface area contributed by atoms with Crippen LogP contribution in [-0.4, -0.2) is 22.0 Å². The van der Waals surface area contributed by atoms with Crippen molar-refractivity contribution in [3.05, 3.63) is 34.8 Å². The predicted molar refractivity (Wildman–Crippen MR) is 105 cm³/mol. The first-order chi connectivity index (χ1) is 12.3. The number of nitrogens with zero attached hydrogens (tertiary/aromatic N) is 2. The Labute approximate surface area is 158 Å². The molecule has 0 fully saturated rings. The first-order valence-corrected chi connectivity index (χ1v) is 9.67. The van der Waals surface area contributed by atoms with E-state index < -0.39 is 0 Å². The molecule has 0 unspecified atom stereocenters. The van der Waals surface area contributed by atoms with Crippen molar-refractivity contribution in [2.75, 3.05) is 10.6 Å². The third-order valence-electron chi connectivity index (χ3n) is 3.74. The molecule has 0 aliphatic carbocycles. The molecule has 0 atom stereocenters. The van der Waals surface area contributed by atoms with Crippen molar-refractivity contribution in [1.82, 2.24) is 10.2 Å². The molecule has 0 bridgehead atoms. The lowest BCUT2D eigenvalue weighted by Crippen LogP contribution is -2.17. The van der Waals surface area contributed by atoms with Crippen molar-refractivity contribution in [2.24, 2.45) is 5.92 Å². The average molecular weight is 375 g/mol. The number of aromatic nitrogens is 2. The Balaban J connectivity index is 1.76. The Bertz CT molecular complexity index is 738. The molecule has 2 amide bonds. The zero-order valence-corrected chi connectivity index (χ0v) is 16.5. The summed E-state index contributed by atoms with van der Waals surface area (Å²) < 4.78 is 0. The quantitative estimate of drug-likeness (QED) is 0.725. The second kappa shape index (κ2) is 9.43. The van der Waals surface area contributed by atoms with Crippen LogP contribution >= 0.6 is 11.3 Å². The van der Waals surface area contributed by atoms with Gasteiger partial charge in [-0.05, 0) is 29.5 Å². The van der Waals surface area contributed by atoms with Gasteiger partial charge in [0.05, 0.1) is 0 Å². The molecule has 7 heteroatoms. The third-order valence-corrected chi connectivity index (χ3v) is 4.60. The largest absolute Gasteiger partial charge is 0.326 e. The molecule has 2 N–H and O–H groups in total. The van der Waals surface area contributed by atoms with E-state index >= 15 is 0 Å². The van der Waals surface area contributed by atoms with Crippen LogP contribution in [0.3, 0.4) is 0 Å². The summed E-state index contributed by atoms with van der Waals surface area (Å²) in [6, 6.07) is 7.75. The Morgan fingerprint density at radius 1 is 0.962 bits per heavy atom. The number of hydrogen-bond acceptors (Lipinski definition) is 5. The maximum absolute atomic E-state index is 12.0. The molecule has 26 heavy (non-hydrogen) atoms. The highest BCUT2D eigenvalue weighted by atomic mass is 32.1. The van der Waals surface area contributed by atoms with Crippen molar-refractivity contribution in [1.29, 1.82) is 0 Å². The monoisotopic (exact) mass is 374 g/mol. The van der Waals surface area contributed by atoms with Crippen LogP contribution in [0.4, 0.5) is 10.8 Å². The molecule has 0 spiro atoms. The number of rotatable bonds is 8. The molecule has 1 heterocycles. The zero-order valence-electron chi connectivity index (χ0n) is 15.7. The summed E-state index contributed by atoms with van der Waals surface area (Å²) in [5.41, 5.74) is 1.96. The molecular weight excluding hydrogens is 348 g/mol. The molecule has 2 aromatic rings. The van der Waals surface area contributed by atoms with Crippen LogP contribution in [0.15, 0.2) is 24.3 Å². The summed E-state index contributed by atoms with van der Waals surface area (Å²) in [4.78, 5) is 24.0. The smallest absolute Gasteiger partial charge is 0.226 e. The van der Waals surface area contributed by atoms with E-state index in [9.17, 15) is 9.59 Å². The zero-order chi connectivity index (χ0) is 19.1. The first kappa shape index (κ1) is 20.0. The number of amides is 2. The molecule has 2 rings (SSSR count). The fourth-order valence-corrected chi connectivity index (χ4v) is 3.29. The summed E-state index contributed by atoms with van der Waals surface area (Å²) in [5, 5.41) is 14.9. The first-order valence-electron chi connectivity index (χ1n) is 8.85. The van der Waals surface area contributed by atoms with E-state index in [-0.39, 0.29) is 24.7 Å². The summed E-state index contributed by atoms with van der Waals surface area (Å²) in [5.74, 6) is 0.521. The maximum Gasteiger partial charge on any atom is 0.226 e. The van der Waals surface area contributed by atoms with Gasteiger partial charge < -0.3 is 10.6 Å². The standard InChI is InChI=1S/C19H26N4O2S/c1-12(2)11-18-22-23-19(26-18)21-17(25)10-9-16(24)20-15-7-5-14(6-8-15)13(3)4/h5-8,12-13H,9-11H2,1-4H3,(H,20,24)(H,21,23,25). The van der Waals surface area contributed by atoms with Gasteiger partial charge in [-0.15, -0.1) is 10.2 Å². The van der Waals surface area contributed by atoms with Gasteiger partial charge in [-0.1, -0.05) is 51.2 Å². The van der Waals surface area contributed by atoms with Crippen LogP contribution in [0, 0.1) is 5.92 Å². The minimum atomic E-state index is -0.234. The number of hydrogen-bond donors (Lipinski definition) is 2. The Kier molecular flexibility index (Phi) is 7.26. The lowest BCUT2D eigenvalue weighted by molar-refractivity contribution is -0.121. The molecule has 140 valence electrons. The van der Waals surface area contributed by atoms with E-state index in [0.717, 1.165) is 17.1 Å². The maximum atomic E-state index is 12.0. The summed E-state index contributed by atoms with van der Waals surface area (Å²) in [7, 11) is 0. The van der Waals surface area contributed by atoms with E-state index in [2.05, 4.69) is 48.5 Å². The minimum absolute atomic E-state index is 0.106. The molecule has 0 aliphatic rings. The summed E-state index contributed by atoms with van der Waals surface area (Å²) >= 11 is 1.38. The van der Waals surface area contributed by atoms with E-state index in [1.165, 1.54) is 16.9 Å². The number of carbonyl (C=O) groups is 2. The Morgan fingerprint density at radius 2 is 1.58 bits per heavy atom. The van der Waals surface area contributed by atoms with E-state index in [0.29, 0.717) is 17.0 Å². The van der Waals surface area contributed by atoms with Crippen molar-refractivity contribution >= 4 is 34.0 Å². The van der Waals surface area contributed by atoms with Crippen molar-refractivity contribution in [2.45, 2.75) is 52.9 Å². The normalized spacial score (nSPS) is 11.0. The highest BCUT2D eigenvalue weighted by Crippen LogP contribution is 2.19. The Morgan fingerprint density at radius 3 is 2.15 bits per heavy atom. The van der Waals surface area contributed by atoms with Crippen LogP contribution < -0.4 is 10.6 Å². The second-order valence-corrected chi connectivity index (χ2v) is 8.03. The molecule has 0 aliphatic heterocycles. The van der Waals surface area contributed by atoms with Gasteiger partial charge in [-0.2, -0.15) is 0 Å². The SMILES string of the molecule is CC(C)Cc1nnc(NC(=O)CCC(=O)Nc2ccc(C(C)C)cc2)s1. The Hall–Kier alpha value is -2.28. The van der Waals surface area contributed by atoms with Crippen molar-refractivity contribution in [3.8, 4) is 0 Å². The van der Waals surface area contributed by atoms with E-state index in [1.807, 2.05) is 24.3 Å². The fourth-order valence-electron chi connectivity index (χ4n) is 2.32. The highest BCUT2D eigenvalue weighted by Gasteiger charge is 2.11. The van der Waals surface area contributed by atoms with Gasteiger partial charge in [-0.25, -0.2) is 0 Å². The van der Waals surface area contributed by atoms with Gasteiger partial charge in [0.2, 0.25) is 16.9 Å². The third kappa shape index (κ3) is 6.55. The highest BCUT2D eigenvalue weighted by molar-refractivity contribution is 7.15. The fraction of sp³-hybridized carbons (Fsp3) is 0.474. The van der Waals surface area contributed by atoms with Crippen molar-refractivity contribution in [3.63, 3.8) is 0 Å². The van der Waals surface area contributed by atoms with Gasteiger partial charge in [0.15, 0.2) is 0 Å². The van der Waals surface area contributed by atoms with E-state index in [4.69, 9.17) is 0 Å². The van der Waals surface area contributed by atoms with E-state index in [1.54, 1.807) is 0 Å². The van der Waals surface area contributed by atoms with Crippen molar-refractivity contribution < 1.29 is 9.59 Å². The average Bonchev–Trinajstić information content (AvgIpc) is 2.99. The number of anilines is 2. The summed E-state index contributed by atoms with van der Waals surface area (Å²) in [6.45, 7) is 8.45. The van der Waals surface area contributed by atoms with Gasteiger partial charge in [-0.3, -0.25) is 9.59 Å². The number of benzene rings is 1. The lowest BCUT2D eigenvalue weighted by Gasteiger charge is -2.08. The molecule has 0 saturated carbocycles. The number of nitrogens with one attached hydrogen (secondary N) is 2. The summed E-state index contributed by atoms with van der Waals surface area (Å²) in [6.07, 6.45) is 1.07. The van der Waals surface area contributed by atoms with Gasteiger partial charge >= 0.3 is 0 Å². The molecular formula is C19H26N4O2S. The minimum Gasteiger partial charge on any atom is -0.326 e. The topological polar surface area (TPSA) is 84.0 Å². The molecule has 1 aromatic heterocycles. The number of carbonyl (C=O) groups excluding carboxylic acids is 2.